The number of likely N-dealkylation sites (tertiary alicyclic amines) is 1. The second-order valence-electron chi connectivity index (χ2n) is 6.62. The van der Waals surface area contributed by atoms with Crippen LogP contribution in [-0.2, 0) is 6.54 Å². The van der Waals surface area contributed by atoms with Gasteiger partial charge in [-0.05, 0) is 54.3 Å². The summed E-state index contributed by atoms with van der Waals surface area (Å²) in [5, 5.41) is 11.3. The molecule has 0 bridgehead atoms. The Kier molecular flexibility index (Phi) is 10.6. The summed E-state index contributed by atoms with van der Waals surface area (Å²) in [5.74, 6) is 1.66. The molecule has 154 valence electrons. The van der Waals surface area contributed by atoms with Crippen LogP contribution in [0.25, 0.3) is 0 Å². The Morgan fingerprint density at radius 2 is 2.21 bits per heavy atom. The number of thiophene rings is 1. The fourth-order valence-corrected chi connectivity index (χ4v) is 3.80. The molecule has 28 heavy (non-hydrogen) atoms. The number of ether oxygens (including phenoxy) is 1. The van der Waals surface area contributed by atoms with Crippen molar-refractivity contribution in [3.8, 4) is 5.75 Å². The molecule has 0 amide bonds. The molecule has 0 aliphatic carbocycles. The SMILES string of the molecule is CCNC(=NCCOc1cccnc1)NC1CCN(Cc2ccsc2)CC1.I. The molecule has 3 rings (SSSR count). The number of hydrogen-bond donors (Lipinski definition) is 2. The molecule has 2 aromatic rings. The van der Waals surface area contributed by atoms with Gasteiger partial charge in [0, 0.05) is 38.4 Å². The zero-order chi connectivity index (χ0) is 18.7. The van der Waals surface area contributed by atoms with Crippen molar-refractivity contribution in [2.75, 3.05) is 32.8 Å². The van der Waals surface area contributed by atoms with E-state index in [9.17, 15) is 0 Å². The highest BCUT2D eigenvalue weighted by molar-refractivity contribution is 14.0. The Hall–Kier alpha value is -1.39. The van der Waals surface area contributed by atoms with Gasteiger partial charge in [0.05, 0.1) is 12.7 Å². The van der Waals surface area contributed by atoms with Crippen molar-refractivity contribution in [3.63, 3.8) is 0 Å². The van der Waals surface area contributed by atoms with Gasteiger partial charge in [0.1, 0.15) is 12.4 Å². The van der Waals surface area contributed by atoms with Gasteiger partial charge in [-0.1, -0.05) is 0 Å². The van der Waals surface area contributed by atoms with Gasteiger partial charge in [-0.25, -0.2) is 4.99 Å². The molecule has 1 aliphatic rings. The number of halogens is 1. The molecule has 2 N–H and O–H groups in total. The highest BCUT2D eigenvalue weighted by atomic mass is 127. The number of guanidine groups is 1. The van der Waals surface area contributed by atoms with Gasteiger partial charge < -0.3 is 15.4 Å². The molecule has 1 saturated heterocycles. The lowest BCUT2D eigenvalue weighted by Crippen LogP contribution is -2.48. The maximum atomic E-state index is 5.66. The van der Waals surface area contributed by atoms with Crippen LogP contribution in [0.2, 0.25) is 0 Å². The molecular formula is C20H30IN5OS. The summed E-state index contributed by atoms with van der Waals surface area (Å²) < 4.78 is 5.66. The smallest absolute Gasteiger partial charge is 0.191 e. The Morgan fingerprint density at radius 1 is 1.36 bits per heavy atom. The minimum absolute atomic E-state index is 0. The molecular weight excluding hydrogens is 485 g/mol. The van der Waals surface area contributed by atoms with Gasteiger partial charge in [-0.3, -0.25) is 9.88 Å². The summed E-state index contributed by atoms with van der Waals surface area (Å²) in [5.41, 5.74) is 1.43. The van der Waals surface area contributed by atoms with Crippen LogP contribution < -0.4 is 15.4 Å². The van der Waals surface area contributed by atoms with Gasteiger partial charge >= 0.3 is 0 Å². The van der Waals surface area contributed by atoms with Crippen molar-refractivity contribution in [1.29, 1.82) is 0 Å². The standard InChI is InChI=1S/C20H29N5OS.HI/c1-2-22-20(23-9-12-26-19-4-3-8-21-14-19)24-18-5-10-25(11-6-18)15-17-7-13-27-16-17;/h3-4,7-8,13-14,16,18H,2,5-6,9-12,15H2,1H3,(H2,22,23,24);1H. The van der Waals surface area contributed by atoms with E-state index in [1.807, 2.05) is 12.1 Å². The maximum absolute atomic E-state index is 5.66. The number of aromatic nitrogens is 1. The largest absolute Gasteiger partial charge is 0.490 e. The minimum atomic E-state index is 0. The Morgan fingerprint density at radius 3 is 2.89 bits per heavy atom. The number of hydrogen-bond acceptors (Lipinski definition) is 5. The van der Waals surface area contributed by atoms with E-state index in [1.54, 1.807) is 23.7 Å². The first kappa shape index (κ1) is 22.9. The van der Waals surface area contributed by atoms with E-state index in [0.29, 0.717) is 19.2 Å². The van der Waals surface area contributed by atoms with Crippen molar-refractivity contribution in [2.45, 2.75) is 32.4 Å². The van der Waals surface area contributed by atoms with Crippen LogP contribution in [0, 0.1) is 0 Å². The molecule has 8 heteroatoms. The fraction of sp³-hybridized carbons (Fsp3) is 0.500. The lowest BCUT2D eigenvalue weighted by molar-refractivity contribution is 0.198. The van der Waals surface area contributed by atoms with E-state index in [-0.39, 0.29) is 24.0 Å². The fourth-order valence-electron chi connectivity index (χ4n) is 3.14. The van der Waals surface area contributed by atoms with Crippen LogP contribution in [0.1, 0.15) is 25.3 Å². The lowest BCUT2D eigenvalue weighted by Gasteiger charge is -2.33. The monoisotopic (exact) mass is 515 g/mol. The number of pyridine rings is 1. The Bertz CT molecular complexity index is 675. The van der Waals surface area contributed by atoms with E-state index in [2.05, 4.69) is 49.3 Å². The van der Waals surface area contributed by atoms with E-state index >= 15 is 0 Å². The molecule has 3 heterocycles. The van der Waals surface area contributed by atoms with Crippen LogP contribution >= 0.6 is 35.3 Å². The molecule has 0 unspecified atom stereocenters. The molecule has 1 aliphatic heterocycles. The second kappa shape index (κ2) is 12.9. The number of aliphatic imine (C=N–C) groups is 1. The number of piperidine rings is 1. The molecule has 6 nitrogen and oxygen atoms in total. The van der Waals surface area contributed by atoms with Crippen LogP contribution in [0.15, 0.2) is 46.3 Å². The normalized spacial score (nSPS) is 15.7. The van der Waals surface area contributed by atoms with E-state index < -0.39 is 0 Å². The number of nitrogens with one attached hydrogen (secondary N) is 2. The molecule has 0 saturated carbocycles. The highest BCUT2D eigenvalue weighted by Crippen LogP contribution is 2.15. The van der Waals surface area contributed by atoms with Crippen LogP contribution in [-0.4, -0.2) is 54.7 Å². The zero-order valence-electron chi connectivity index (χ0n) is 16.3. The van der Waals surface area contributed by atoms with Crippen molar-refractivity contribution in [1.82, 2.24) is 20.5 Å². The minimum Gasteiger partial charge on any atom is -0.490 e. The van der Waals surface area contributed by atoms with Crippen molar-refractivity contribution in [2.24, 2.45) is 4.99 Å². The zero-order valence-corrected chi connectivity index (χ0v) is 19.5. The third-order valence-corrected chi connectivity index (χ3v) is 5.26. The summed E-state index contributed by atoms with van der Waals surface area (Å²) in [7, 11) is 0. The quantitative estimate of drug-likeness (QED) is 0.245. The third-order valence-electron chi connectivity index (χ3n) is 4.52. The van der Waals surface area contributed by atoms with Gasteiger partial charge in [0.2, 0.25) is 0 Å². The van der Waals surface area contributed by atoms with Crippen molar-refractivity contribution in [3.05, 3.63) is 46.9 Å². The lowest BCUT2D eigenvalue weighted by atomic mass is 10.0. The molecule has 0 radical (unpaired) electrons. The molecule has 0 spiro atoms. The maximum Gasteiger partial charge on any atom is 0.191 e. The van der Waals surface area contributed by atoms with Gasteiger partial charge in [0.15, 0.2) is 5.96 Å². The first-order valence-electron chi connectivity index (χ1n) is 9.64. The van der Waals surface area contributed by atoms with E-state index in [1.165, 1.54) is 5.56 Å². The van der Waals surface area contributed by atoms with Crippen LogP contribution in [0.3, 0.4) is 0 Å². The molecule has 0 atom stereocenters. The highest BCUT2D eigenvalue weighted by Gasteiger charge is 2.20. The summed E-state index contributed by atoms with van der Waals surface area (Å²) in [4.78, 5) is 11.2. The summed E-state index contributed by atoms with van der Waals surface area (Å²) >= 11 is 1.77. The predicted molar refractivity (Wildman–Crippen MR) is 127 cm³/mol. The Balaban J connectivity index is 0.00000280. The van der Waals surface area contributed by atoms with E-state index in [4.69, 9.17) is 4.74 Å². The molecule has 1 fully saturated rings. The van der Waals surface area contributed by atoms with Gasteiger partial charge in [0.25, 0.3) is 0 Å². The topological polar surface area (TPSA) is 61.8 Å². The number of nitrogens with zero attached hydrogens (tertiary/aromatic N) is 3. The second-order valence-corrected chi connectivity index (χ2v) is 7.40. The summed E-state index contributed by atoms with van der Waals surface area (Å²) in [6, 6.07) is 6.47. The van der Waals surface area contributed by atoms with Crippen LogP contribution in [0.5, 0.6) is 5.75 Å². The number of rotatable bonds is 8. The van der Waals surface area contributed by atoms with Crippen molar-refractivity contribution >= 4 is 41.3 Å². The third kappa shape index (κ3) is 7.92. The van der Waals surface area contributed by atoms with Crippen molar-refractivity contribution < 1.29 is 4.74 Å². The van der Waals surface area contributed by atoms with Crippen LogP contribution in [0.4, 0.5) is 0 Å². The molecule has 0 aromatic carbocycles. The van der Waals surface area contributed by atoms with E-state index in [0.717, 1.165) is 50.7 Å². The van der Waals surface area contributed by atoms with Gasteiger partial charge in [-0.2, -0.15) is 11.3 Å². The summed E-state index contributed by atoms with van der Waals surface area (Å²) in [6.45, 7) is 7.41. The Labute approximate surface area is 188 Å². The average Bonchev–Trinajstić information content (AvgIpc) is 3.21. The first-order chi connectivity index (χ1) is 13.3. The van der Waals surface area contributed by atoms with Gasteiger partial charge in [-0.15, -0.1) is 24.0 Å². The average molecular weight is 515 g/mol. The first-order valence-corrected chi connectivity index (χ1v) is 10.6. The summed E-state index contributed by atoms with van der Waals surface area (Å²) in [6.07, 6.45) is 5.74. The molecule has 2 aromatic heterocycles. The predicted octanol–water partition coefficient (Wildman–Crippen LogP) is 3.36.